The maximum absolute atomic E-state index is 12.3. The van der Waals surface area contributed by atoms with Gasteiger partial charge in [0.1, 0.15) is 0 Å². The Balaban J connectivity index is 1.82. The summed E-state index contributed by atoms with van der Waals surface area (Å²) < 4.78 is 29.4. The van der Waals surface area contributed by atoms with E-state index in [1.165, 1.54) is 6.07 Å². The number of nitrogens with one attached hydrogen (secondary N) is 1. The molecule has 0 aromatic heterocycles. The molecule has 0 saturated carbocycles. The molecule has 0 spiro atoms. The number of amides is 1. The van der Waals surface area contributed by atoms with Crippen LogP contribution in [0.1, 0.15) is 17.5 Å². The summed E-state index contributed by atoms with van der Waals surface area (Å²) in [4.78, 5) is 23.6. The summed E-state index contributed by atoms with van der Waals surface area (Å²) in [6.07, 6.45) is -0.312. The Morgan fingerprint density at radius 3 is 2.35 bits per heavy atom. The third-order valence-corrected chi connectivity index (χ3v) is 5.55. The quantitative estimate of drug-likeness (QED) is 0.752. The maximum Gasteiger partial charge on any atom is 0.307 e. The molecule has 7 heteroatoms. The zero-order valence-corrected chi connectivity index (χ0v) is 15.5. The standard InChI is InChI=1S/C19H21NO5S/c1-14-8-9-17(12-15(14)2)26(23,24)11-10-19(22)25-13-18(21)20-16-6-4-3-5-7-16/h3-9,12H,10-11,13H2,1-2H3,(H,20,21). The molecule has 0 unspecified atom stereocenters. The molecule has 0 heterocycles. The highest BCUT2D eigenvalue weighted by molar-refractivity contribution is 7.91. The van der Waals surface area contributed by atoms with Crippen LogP contribution in [0.15, 0.2) is 53.4 Å². The number of hydrogen-bond donors (Lipinski definition) is 1. The van der Waals surface area contributed by atoms with Gasteiger partial charge in [-0.1, -0.05) is 24.3 Å². The molecule has 0 radical (unpaired) electrons. The number of aryl methyl sites for hydroxylation is 2. The third-order valence-electron chi connectivity index (χ3n) is 3.83. The van der Waals surface area contributed by atoms with Gasteiger partial charge in [0.2, 0.25) is 0 Å². The van der Waals surface area contributed by atoms with Crippen molar-refractivity contribution in [2.45, 2.75) is 25.2 Å². The highest BCUT2D eigenvalue weighted by Gasteiger charge is 2.18. The summed E-state index contributed by atoms with van der Waals surface area (Å²) in [6.45, 7) is 3.26. The van der Waals surface area contributed by atoms with E-state index in [4.69, 9.17) is 4.74 Å². The molecule has 0 bridgehead atoms. The minimum atomic E-state index is -3.58. The molecule has 0 saturated heterocycles. The van der Waals surface area contributed by atoms with E-state index in [9.17, 15) is 18.0 Å². The third kappa shape index (κ3) is 5.70. The summed E-state index contributed by atoms with van der Waals surface area (Å²) in [5.74, 6) is -1.59. The Kier molecular flexibility index (Phi) is 6.52. The predicted molar refractivity (Wildman–Crippen MR) is 98.6 cm³/mol. The summed E-state index contributed by atoms with van der Waals surface area (Å²) in [5, 5.41) is 2.57. The van der Waals surface area contributed by atoms with E-state index in [0.29, 0.717) is 5.69 Å². The predicted octanol–water partition coefficient (Wildman–Crippen LogP) is 2.65. The fourth-order valence-electron chi connectivity index (χ4n) is 2.18. The van der Waals surface area contributed by atoms with Gasteiger partial charge in [0.25, 0.3) is 5.91 Å². The first kappa shape index (κ1) is 19.7. The van der Waals surface area contributed by atoms with Gasteiger partial charge >= 0.3 is 5.97 Å². The van der Waals surface area contributed by atoms with E-state index >= 15 is 0 Å². The van der Waals surface area contributed by atoms with Crippen molar-refractivity contribution in [2.24, 2.45) is 0 Å². The molecule has 26 heavy (non-hydrogen) atoms. The lowest BCUT2D eigenvalue weighted by Gasteiger charge is -2.08. The molecular weight excluding hydrogens is 354 g/mol. The fourth-order valence-corrected chi connectivity index (χ4v) is 3.48. The van der Waals surface area contributed by atoms with Gasteiger partial charge in [-0.25, -0.2) is 8.42 Å². The molecule has 0 aliphatic heterocycles. The number of sulfone groups is 1. The van der Waals surface area contributed by atoms with Crippen molar-refractivity contribution < 1.29 is 22.7 Å². The van der Waals surface area contributed by atoms with Crippen LogP contribution in [0.5, 0.6) is 0 Å². The number of ether oxygens (including phenoxy) is 1. The molecule has 2 aromatic rings. The Bertz CT molecular complexity index is 891. The van der Waals surface area contributed by atoms with E-state index in [-0.39, 0.29) is 17.1 Å². The Morgan fingerprint density at radius 2 is 1.69 bits per heavy atom. The number of rotatable bonds is 7. The minimum Gasteiger partial charge on any atom is -0.456 e. The van der Waals surface area contributed by atoms with Gasteiger partial charge < -0.3 is 10.1 Å². The minimum absolute atomic E-state index is 0.176. The number of carbonyl (C=O) groups excluding carboxylic acids is 2. The second kappa shape index (κ2) is 8.62. The molecule has 0 fully saturated rings. The fraction of sp³-hybridized carbons (Fsp3) is 0.263. The monoisotopic (exact) mass is 375 g/mol. The molecule has 2 rings (SSSR count). The van der Waals surface area contributed by atoms with E-state index in [1.807, 2.05) is 19.9 Å². The van der Waals surface area contributed by atoms with Crippen LogP contribution in [-0.2, 0) is 24.2 Å². The lowest BCUT2D eigenvalue weighted by molar-refractivity contribution is -0.146. The number of hydrogen-bond acceptors (Lipinski definition) is 5. The molecule has 0 aliphatic rings. The molecule has 138 valence electrons. The van der Waals surface area contributed by atoms with Gasteiger partial charge in [-0.3, -0.25) is 9.59 Å². The number of benzene rings is 2. The number of esters is 1. The van der Waals surface area contributed by atoms with Crippen molar-refractivity contribution in [3.63, 3.8) is 0 Å². The highest BCUT2D eigenvalue weighted by atomic mass is 32.2. The molecule has 1 amide bonds. The first-order chi connectivity index (χ1) is 12.3. The van der Waals surface area contributed by atoms with Crippen molar-refractivity contribution in [2.75, 3.05) is 17.7 Å². The number of anilines is 1. The SMILES string of the molecule is Cc1ccc(S(=O)(=O)CCC(=O)OCC(=O)Nc2ccccc2)cc1C. The smallest absolute Gasteiger partial charge is 0.307 e. The Hall–Kier alpha value is -2.67. The molecule has 0 atom stereocenters. The second-order valence-corrected chi connectivity index (χ2v) is 8.00. The van der Waals surface area contributed by atoms with Crippen molar-refractivity contribution in [1.29, 1.82) is 0 Å². The number of para-hydroxylation sites is 1. The van der Waals surface area contributed by atoms with Crippen molar-refractivity contribution >= 4 is 27.4 Å². The second-order valence-electron chi connectivity index (χ2n) is 5.89. The van der Waals surface area contributed by atoms with Crippen LogP contribution in [0.2, 0.25) is 0 Å². The summed E-state index contributed by atoms with van der Waals surface area (Å²) in [6, 6.07) is 13.6. The lowest BCUT2D eigenvalue weighted by atomic mass is 10.1. The Morgan fingerprint density at radius 1 is 1.00 bits per heavy atom. The van der Waals surface area contributed by atoms with Crippen molar-refractivity contribution in [3.8, 4) is 0 Å². The summed E-state index contributed by atoms with van der Waals surface area (Å²) in [7, 11) is -3.58. The van der Waals surface area contributed by atoms with Crippen LogP contribution < -0.4 is 5.32 Å². The topological polar surface area (TPSA) is 89.5 Å². The average Bonchev–Trinajstić information content (AvgIpc) is 2.61. The lowest BCUT2D eigenvalue weighted by Crippen LogP contribution is -2.22. The Labute approximate surface area is 153 Å². The van der Waals surface area contributed by atoms with Crippen LogP contribution in [0, 0.1) is 13.8 Å². The van der Waals surface area contributed by atoms with Crippen LogP contribution in [0.25, 0.3) is 0 Å². The first-order valence-corrected chi connectivity index (χ1v) is 9.74. The summed E-state index contributed by atoms with van der Waals surface area (Å²) in [5.41, 5.74) is 2.45. The average molecular weight is 375 g/mol. The molecule has 2 aromatic carbocycles. The van der Waals surface area contributed by atoms with Gasteiger partial charge in [-0.15, -0.1) is 0 Å². The number of carbonyl (C=O) groups is 2. The van der Waals surface area contributed by atoms with Gasteiger partial charge in [-0.2, -0.15) is 0 Å². The normalized spacial score (nSPS) is 11.0. The van der Waals surface area contributed by atoms with Crippen molar-refractivity contribution in [1.82, 2.24) is 0 Å². The van der Waals surface area contributed by atoms with Crippen LogP contribution in [-0.4, -0.2) is 32.7 Å². The van der Waals surface area contributed by atoms with E-state index in [2.05, 4.69) is 5.32 Å². The molecule has 1 N–H and O–H groups in total. The highest BCUT2D eigenvalue weighted by Crippen LogP contribution is 2.17. The zero-order chi connectivity index (χ0) is 19.2. The van der Waals surface area contributed by atoms with Crippen LogP contribution in [0.4, 0.5) is 5.69 Å². The van der Waals surface area contributed by atoms with E-state index in [1.54, 1.807) is 36.4 Å². The molecular formula is C19H21NO5S. The van der Waals surface area contributed by atoms with Crippen molar-refractivity contribution in [3.05, 3.63) is 59.7 Å². The van der Waals surface area contributed by atoms with Gasteiger partial charge in [-0.05, 0) is 49.2 Å². The molecule has 0 aliphatic carbocycles. The van der Waals surface area contributed by atoms with Crippen LogP contribution >= 0.6 is 0 Å². The van der Waals surface area contributed by atoms with Gasteiger partial charge in [0.05, 0.1) is 17.1 Å². The van der Waals surface area contributed by atoms with E-state index < -0.39 is 28.3 Å². The first-order valence-electron chi connectivity index (χ1n) is 8.08. The summed E-state index contributed by atoms with van der Waals surface area (Å²) >= 11 is 0. The van der Waals surface area contributed by atoms with Gasteiger partial charge in [0.15, 0.2) is 16.4 Å². The zero-order valence-electron chi connectivity index (χ0n) is 14.7. The van der Waals surface area contributed by atoms with Gasteiger partial charge in [0, 0.05) is 5.69 Å². The van der Waals surface area contributed by atoms with Crippen LogP contribution in [0.3, 0.4) is 0 Å². The molecule has 6 nitrogen and oxygen atoms in total. The maximum atomic E-state index is 12.3. The largest absolute Gasteiger partial charge is 0.456 e. The van der Waals surface area contributed by atoms with E-state index in [0.717, 1.165) is 11.1 Å².